The highest BCUT2D eigenvalue weighted by molar-refractivity contribution is 5.26. The summed E-state index contributed by atoms with van der Waals surface area (Å²) in [6.07, 6.45) is 1.09. The van der Waals surface area contributed by atoms with Gasteiger partial charge in [0.25, 0.3) is 0 Å². The number of likely N-dealkylation sites (N-methyl/N-ethyl adjacent to an activating group) is 1. The molecule has 0 aliphatic heterocycles. The number of hydrogen-bond donors (Lipinski definition) is 1. The van der Waals surface area contributed by atoms with Crippen molar-refractivity contribution in [3.63, 3.8) is 0 Å². The Hall–Kier alpha value is -1.02. The minimum Gasteiger partial charge on any atom is -0.492 e. The molecule has 1 aromatic rings. The molecule has 1 aromatic carbocycles. The van der Waals surface area contributed by atoms with Crippen LogP contribution in [0.1, 0.15) is 18.9 Å². The van der Waals surface area contributed by atoms with Crippen LogP contribution in [-0.2, 0) is 0 Å². The zero-order valence-electron chi connectivity index (χ0n) is 9.21. The van der Waals surface area contributed by atoms with E-state index >= 15 is 0 Å². The second-order valence-electron chi connectivity index (χ2n) is 3.52. The summed E-state index contributed by atoms with van der Waals surface area (Å²) in [7, 11) is 1.96. The van der Waals surface area contributed by atoms with Gasteiger partial charge in [0.15, 0.2) is 0 Å². The Balaban J connectivity index is 2.41. The maximum absolute atomic E-state index is 5.64. The Morgan fingerprint density at radius 2 is 1.93 bits per heavy atom. The molecule has 2 nitrogen and oxygen atoms in total. The Bertz CT molecular complexity index is 252. The molecule has 1 rings (SSSR count). The summed E-state index contributed by atoms with van der Waals surface area (Å²) in [6.45, 7) is 4.96. The monoisotopic (exact) mass is 193 g/mol. The van der Waals surface area contributed by atoms with E-state index < -0.39 is 0 Å². The summed E-state index contributed by atoms with van der Waals surface area (Å²) >= 11 is 0. The molecular formula is C12H19NO. The fourth-order valence-corrected chi connectivity index (χ4v) is 1.24. The molecule has 0 saturated carbocycles. The third-order valence-electron chi connectivity index (χ3n) is 2.37. The molecule has 1 unspecified atom stereocenters. The molecule has 0 aliphatic rings. The molecule has 0 spiro atoms. The quantitative estimate of drug-likeness (QED) is 0.775. The van der Waals surface area contributed by atoms with Crippen molar-refractivity contribution in [2.45, 2.75) is 26.3 Å². The van der Waals surface area contributed by atoms with Crippen LogP contribution in [0.3, 0.4) is 0 Å². The van der Waals surface area contributed by atoms with Crippen LogP contribution in [-0.4, -0.2) is 19.7 Å². The Morgan fingerprint density at radius 3 is 2.43 bits per heavy atom. The van der Waals surface area contributed by atoms with Gasteiger partial charge in [-0.2, -0.15) is 0 Å². The Morgan fingerprint density at radius 1 is 1.29 bits per heavy atom. The van der Waals surface area contributed by atoms with E-state index in [1.807, 2.05) is 19.2 Å². The van der Waals surface area contributed by atoms with Crippen LogP contribution < -0.4 is 10.1 Å². The first-order chi connectivity index (χ1) is 6.76. The van der Waals surface area contributed by atoms with E-state index in [-0.39, 0.29) is 0 Å². The van der Waals surface area contributed by atoms with E-state index in [2.05, 4.69) is 31.3 Å². The molecule has 0 saturated heterocycles. The Labute approximate surface area is 86.3 Å². The molecule has 0 amide bonds. The van der Waals surface area contributed by atoms with Crippen molar-refractivity contribution in [2.24, 2.45) is 0 Å². The smallest absolute Gasteiger partial charge is 0.119 e. The highest BCUT2D eigenvalue weighted by Gasteiger charge is 2.02. The van der Waals surface area contributed by atoms with Gasteiger partial charge in [-0.1, -0.05) is 24.6 Å². The molecule has 0 bridgehead atoms. The molecule has 1 N–H and O–H groups in total. The third kappa shape index (κ3) is 3.38. The summed E-state index contributed by atoms with van der Waals surface area (Å²) in [5, 5.41) is 3.21. The van der Waals surface area contributed by atoms with E-state index in [1.165, 1.54) is 5.56 Å². The lowest BCUT2D eigenvalue weighted by atomic mass is 10.2. The van der Waals surface area contributed by atoms with Crippen molar-refractivity contribution < 1.29 is 4.74 Å². The molecule has 14 heavy (non-hydrogen) atoms. The van der Waals surface area contributed by atoms with Gasteiger partial charge < -0.3 is 10.1 Å². The van der Waals surface area contributed by atoms with Gasteiger partial charge in [0.05, 0.1) is 0 Å². The van der Waals surface area contributed by atoms with Crippen LogP contribution >= 0.6 is 0 Å². The SMILES string of the molecule is CCC(COc1ccc(C)cc1)NC. The number of hydrogen-bond acceptors (Lipinski definition) is 2. The molecule has 0 radical (unpaired) electrons. The summed E-state index contributed by atoms with van der Waals surface area (Å²) in [4.78, 5) is 0. The molecule has 78 valence electrons. The lowest BCUT2D eigenvalue weighted by Crippen LogP contribution is -2.30. The predicted octanol–water partition coefficient (Wildman–Crippen LogP) is 2.37. The zero-order chi connectivity index (χ0) is 10.4. The maximum Gasteiger partial charge on any atom is 0.119 e. The third-order valence-corrected chi connectivity index (χ3v) is 2.37. The fraction of sp³-hybridized carbons (Fsp3) is 0.500. The number of aryl methyl sites for hydroxylation is 1. The largest absolute Gasteiger partial charge is 0.492 e. The standard InChI is InChI=1S/C12H19NO/c1-4-11(13-3)9-14-12-7-5-10(2)6-8-12/h5-8,11,13H,4,9H2,1-3H3. The lowest BCUT2D eigenvalue weighted by molar-refractivity contribution is 0.267. The van der Waals surface area contributed by atoms with E-state index in [0.717, 1.165) is 18.8 Å². The Kier molecular flexibility index (Phi) is 4.47. The van der Waals surface area contributed by atoms with Crippen LogP contribution in [0.5, 0.6) is 5.75 Å². The van der Waals surface area contributed by atoms with Crippen molar-refractivity contribution in [2.75, 3.05) is 13.7 Å². The molecule has 0 aromatic heterocycles. The molecular weight excluding hydrogens is 174 g/mol. The topological polar surface area (TPSA) is 21.3 Å². The summed E-state index contributed by atoms with van der Waals surface area (Å²) in [5.41, 5.74) is 1.26. The highest BCUT2D eigenvalue weighted by atomic mass is 16.5. The fourth-order valence-electron chi connectivity index (χ4n) is 1.24. The maximum atomic E-state index is 5.64. The second-order valence-corrected chi connectivity index (χ2v) is 3.52. The zero-order valence-corrected chi connectivity index (χ0v) is 9.21. The van der Waals surface area contributed by atoms with Crippen molar-refractivity contribution in [1.82, 2.24) is 5.32 Å². The first kappa shape index (κ1) is 11.1. The van der Waals surface area contributed by atoms with Gasteiger partial charge in [0.2, 0.25) is 0 Å². The number of rotatable bonds is 5. The molecule has 0 fully saturated rings. The van der Waals surface area contributed by atoms with E-state index in [4.69, 9.17) is 4.74 Å². The van der Waals surface area contributed by atoms with Gasteiger partial charge in [0.1, 0.15) is 12.4 Å². The van der Waals surface area contributed by atoms with Crippen molar-refractivity contribution in [3.05, 3.63) is 29.8 Å². The summed E-state index contributed by atoms with van der Waals surface area (Å²) in [5.74, 6) is 0.948. The number of ether oxygens (including phenoxy) is 1. The minimum absolute atomic E-state index is 0.441. The normalized spacial score (nSPS) is 12.5. The minimum atomic E-state index is 0.441. The number of nitrogens with one attached hydrogen (secondary N) is 1. The van der Waals surface area contributed by atoms with Gasteiger partial charge in [0, 0.05) is 6.04 Å². The summed E-state index contributed by atoms with van der Waals surface area (Å²) < 4.78 is 5.64. The average molecular weight is 193 g/mol. The molecule has 1 atom stereocenters. The van der Waals surface area contributed by atoms with Crippen molar-refractivity contribution >= 4 is 0 Å². The van der Waals surface area contributed by atoms with Gasteiger partial charge in [-0.05, 0) is 32.5 Å². The van der Waals surface area contributed by atoms with Crippen LogP contribution in [0.15, 0.2) is 24.3 Å². The van der Waals surface area contributed by atoms with Crippen molar-refractivity contribution in [1.29, 1.82) is 0 Å². The second kappa shape index (κ2) is 5.66. The van der Waals surface area contributed by atoms with Crippen LogP contribution in [0.2, 0.25) is 0 Å². The molecule has 2 heteroatoms. The van der Waals surface area contributed by atoms with Crippen LogP contribution in [0, 0.1) is 6.92 Å². The van der Waals surface area contributed by atoms with Gasteiger partial charge in [-0.25, -0.2) is 0 Å². The molecule has 0 heterocycles. The van der Waals surface area contributed by atoms with Crippen LogP contribution in [0.25, 0.3) is 0 Å². The van der Waals surface area contributed by atoms with E-state index in [9.17, 15) is 0 Å². The highest BCUT2D eigenvalue weighted by Crippen LogP contribution is 2.11. The lowest BCUT2D eigenvalue weighted by Gasteiger charge is -2.14. The van der Waals surface area contributed by atoms with Crippen molar-refractivity contribution in [3.8, 4) is 5.75 Å². The first-order valence-corrected chi connectivity index (χ1v) is 5.13. The van der Waals surface area contributed by atoms with Gasteiger partial charge in [-0.3, -0.25) is 0 Å². The van der Waals surface area contributed by atoms with Gasteiger partial charge >= 0.3 is 0 Å². The number of benzene rings is 1. The van der Waals surface area contributed by atoms with Gasteiger partial charge in [-0.15, -0.1) is 0 Å². The average Bonchev–Trinajstić information content (AvgIpc) is 2.22. The van der Waals surface area contributed by atoms with E-state index in [1.54, 1.807) is 0 Å². The predicted molar refractivity (Wildman–Crippen MR) is 59.8 cm³/mol. The summed E-state index contributed by atoms with van der Waals surface area (Å²) in [6, 6.07) is 8.59. The van der Waals surface area contributed by atoms with E-state index in [0.29, 0.717) is 6.04 Å². The molecule has 0 aliphatic carbocycles. The van der Waals surface area contributed by atoms with Crippen LogP contribution in [0.4, 0.5) is 0 Å². The first-order valence-electron chi connectivity index (χ1n) is 5.13.